The molecule has 1 amide bonds. The van der Waals surface area contributed by atoms with E-state index in [4.69, 9.17) is 4.74 Å². The number of aryl methyl sites for hydroxylation is 2. The summed E-state index contributed by atoms with van der Waals surface area (Å²) in [6, 6.07) is 11.1. The van der Waals surface area contributed by atoms with Crippen LogP contribution in [0.1, 0.15) is 17.0 Å². The van der Waals surface area contributed by atoms with E-state index < -0.39 is 0 Å². The first kappa shape index (κ1) is 17.5. The van der Waals surface area contributed by atoms with Gasteiger partial charge in [0.15, 0.2) is 5.82 Å². The Bertz CT molecular complexity index is 928. The number of carbonyl (C=O) groups excluding carboxylic acids is 1. The summed E-state index contributed by atoms with van der Waals surface area (Å²) in [7, 11) is 1.61. The number of rotatable bonds is 5. The summed E-state index contributed by atoms with van der Waals surface area (Å²) in [6.07, 6.45) is 1.89. The molecule has 3 rings (SSSR count). The summed E-state index contributed by atoms with van der Waals surface area (Å²) in [4.78, 5) is 29.4. The zero-order chi connectivity index (χ0) is 18.5. The molecule has 7 nitrogen and oxygen atoms in total. The molecule has 0 unspecified atom stereocenters. The molecule has 0 aliphatic heterocycles. The van der Waals surface area contributed by atoms with Gasteiger partial charge < -0.3 is 4.74 Å². The van der Waals surface area contributed by atoms with Gasteiger partial charge in [-0.3, -0.25) is 15.1 Å². The normalized spacial score (nSPS) is 10.4. The second kappa shape index (κ2) is 7.69. The Kier molecular flexibility index (Phi) is 5.17. The highest BCUT2D eigenvalue weighted by atomic mass is 16.5. The second-order valence-corrected chi connectivity index (χ2v) is 5.76. The first-order valence-electron chi connectivity index (χ1n) is 8.12. The van der Waals surface area contributed by atoms with E-state index in [-0.39, 0.29) is 18.3 Å². The third-order valence-corrected chi connectivity index (χ3v) is 3.79. The Balaban J connectivity index is 1.76. The predicted molar refractivity (Wildman–Crippen MR) is 97.9 cm³/mol. The molecular formula is C19H19N5O2. The van der Waals surface area contributed by atoms with E-state index in [1.165, 1.54) is 0 Å². The average molecular weight is 349 g/mol. The van der Waals surface area contributed by atoms with Crippen LogP contribution in [-0.2, 0) is 11.2 Å². The van der Waals surface area contributed by atoms with E-state index in [0.717, 1.165) is 16.9 Å². The number of benzene rings is 1. The van der Waals surface area contributed by atoms with E-state index in [1.54, 1.807) is 26.3 Å². The maximum atomic E-state index is 12.4. The molecule has 0 fully saturated rings. The quantitative estimate of drug-likeness (QED) is 0.762. The fourth-order valence-corrected chi connectivity index (χ4v) is 2.48. The molecule has 2 aromatic heterocycles. The predicted octanol–water partition coefficient (Wildman–Crippen LogP) is 2.74. The largest absolute Gasteiger partial charge is 0.497 e. The third-order valence-electron chi connectivity index (χ3n) is 3.79. The molecule has 132 valence electrons. The summed E-state index contributed by atoms with van der Waals surface area (Å²) >= 11 is 0. The molecular weight excluding hydrogens is 330 g/mol. The van der Waals surface area contributed by atoms with Crippen molar-refractivity contribution < 1.29 is 9.53 Å². The zero-order valence-corrected chi connectivity index (χ0v) is 14.9. The van der Waals surface area contributed by atoms with Crippen molar-refractivity contribution in [3.63, 3.8) is 0 Å². The van der Waals surface area contributed by atoms with Crippen molar-refractivity contribution in [2.75, 3.05) is 12.4 Å². The van der Waals surface area contributed by atoms with Gasteiger partial charge in [0.25, 0.3) is 0 Å². The van der Waals surface area contributed by atoms with Gasteiger partial charge in [0.1, 0.15) is 17.3 Å². The highest BCUT2D eigenvalue weighted by Crippen LogP contribution is 2.18. The lowest BCUT2D eigenvalue weighted by Crippen LogP contribution is -2.18. The van der Waals surface area contributed by atoms with Crippen molar-refractivity contribution in [2.24, 2.45) is 0 Å². The molecule has 0 spiro atoms. The topological polar surface area (TPSA) is 89.9 Å². The SMILES string of the molecule is COc1ccc(CC(=O)Nc2nc(C)nc(-c3ccccn3)n2)c(C)c1. The van der Waals surface area contributed by atoms with Gasteiger partial charge in [-0.25, -0.2) is 4.98 Å². The monoisotopic (exact) mass is 349 g/mol. The zero-order valence-electron chi connectivity index (χ0n) is 14.9. The van der Waals surface area contributed by atoms with Gasteiger partial charge in [-0.15, -0.1) is 0 Å². The first-order valence-corrected chi connectivity index (χ1v) is 8.12. The van der Waals surface area contributed by atoms with Crippen molar-refractivity contribution >= 4 is 11.9 Å². The van der Waals surface area contributed by atoms with Gasteiger partial charge >= 0.3 is 0 Å². The number of carbonyl (C=O) groups is 1. The average Bonchev–Trinajstić information content (AvgIpc) is 2.63. The number of nitrogens with one attached hydrogen (secondary N) is 1. The molecule has 0 radical (unpaired) electrons. The van der Waals surface area contributed by atoms with Crippen LogP contribution in [0, 0.1) is 13.8 Å². The van der Waals surface area contributed by atoms with Crippen LogP contribution in [0.4, 0.5) is 5.95 Å². The molecule has 2 heterocycles. The summed E-state index contributed by atoms with van der Waals surface area (Å²) in [6.45, 7) is 3.69. The minimum Gasteiger partial charge on any atom is -0.497 e. The van der Waals surface area contributed by atoms with Crippen LogP contribution in [0.25, 0.3) is 11.5 Å². The molecule has 0 aliphatic rings. The third kappa shape index (κ3) is 4.18. The van der Waals surface area contributed by atoms with Crippen molar-refractivity contribution in [3.8, 4) is 17.3 Å². The number of nitrogens with zero attached hydrogens (tertiary/aromatic N) is 4. The summed E-state index contributed by atoms with van der Waals surface area (Å²) < 4.78 is 5.19. The minimum atomic E-state index is -0.198. The fraction of sp³-hybridized carbons (Fsp3) is 0.211. The van der Waals surface area contributed by atoms with E-state index >= 15 is 0 Å². The van der Waals surface area contributed by atoms with E-state index in [9.17, 15) is 4.79 Å². The van der Waals surface area contributed by atoms with Gasteiger partial charge in [-0.05, 0) is 49.2 Å². The molecule has 0 atom stereocenters. The Hall–Kier alpha value is -3.35. The lowest BCUT2D eigenvalue weighted by Gasteiger charge is -2.09. The second-order valence-electron chi connectivity index (χ2n) is 5.76. The number of pyridine rings is 1. The van der Waals surface area contributed by atoms with Crippen LogP contribution in [0.5, 0.6) is 5.75 Å². The maximum absolute atomic E-state index is 12.4. The smallest absolute Gasteiger partial charge is 0.233 e. The highest BCUT2D eigenvalue weighted by molar-refractivity contribution is 5.91. The van der Waals surface area contributed by atoms with Gasteiger partial charge in [0, 0.05) is 6.20 Å². The fourth-order valence-electron chi connectivity index (χ4n) is 2.48. The van der Waals surface area contributed by atoms with Crippen LogP contribution in [0.2, 0.25) is 0 Å². The van der Waals surface area contributed by atoms with E-state index in [1.807, 2.05) is 37.3 Å². The first-order chi connectivity index (χ1) is 12.5. The Labute approximate surface area is 151 Å². The van der Waals surface area contributed by atoms with Crippen molar-refractivity contribution in [3.05, 3.63) is 59.5 Å². The molecule has 3 aromatic rings. The Morgan fingerprint density at radius 3 is 2.65 bits per heavy atom. The number of anilines is 1. The van der Waals surface area contributed by atoms with Crippen molar-refractivity contribution in [2.45, 2.75) is 20.3 Å². The highest BCUT2D eigenvalue weighted by Gasteiger charge is 2.12. The number of hydrogen-bond acceptors (Lipinski definition) is 6. The Morgan fingerprint density at radius 1 is 1.12 bits per heavy atom. The molecule has 1 aromatic carbocycles. The minimum absolute atomic E-state index is 0.198. The summed E-state index contributed by atoms with van der Waals surface area (Å²) in [5.74, 6) is 1.72. The van der Waals surface area contributed by atoms with E-state index in [2.05, 4.69) is 25.3 Å². The molecule has 0 aliphatic carbocycles. The molecule has 0 saturated carbocycles. The molecule has 26 heavy (non-hydrogen) atoms. The van der Waals surface area contributed by atoms with Gasteiger partial charge in [-0.1, -0.05) is 12.1 Å². The van der Waals surface area contributed by atoms with Gasteiger partial charge in [0.05, 0.1) is 13.5 Å². The van der Waals surface area contributed by atoms with Crippen molar-refractivity contribution in [1.82, 2.24) is 19.9 Å². The van der Waals surface area contributed by atoms with E-state index in [0.29, 0.717) is 17.3 Å². The standard InChI is InChI=1S/C19H19N5O2/c1-12-10-15(26-3)8-7-14(12)11-17(25)23-19-22-13(2)21-18(24-19)16-6-4-5-9-20-16/h4-10H,11H2,1-3H3,(H,21,22,23,24,25). The molecule has 7 heteroatoms. The summed E-state index contributed by atoms with van der Waals surface area (Å²) in [5, 5.41) is 2.74. The van der Waals surface area contributed by atoms with Crippen molar-refractivity contribution in [1.29, 1.82) is 0 Å². The maximum Gasteiger partial charge on any atom is 0.233 e. The van der Waals surface area contributed by atoms with Crippen LogP contribution in [-0.4, -0.2) is 33.0 Å². The Morgan fingerprint density at radius 2 is 1.96 bits per heavy atom. The molecule has 0 saturated heterocycles. The number of aromatic nitrogens is 4. The van der Waals surface area contributed by atoms with Gasteiger partial charge in [-0.2, -0.15) is 9.97 Å². The van der Waals surface area contributed by atoms with Crippen LogP contribution < -0.4 is 10.1 Å². The number of ether oxygens (including phenoxy) is 1. The van der Waals surface area contributed by atoms with Crippen LogP contribution >= 0.6 is 0 Å². The van der Waals surface area contributed by atoms with Crippen LogP contribution in [0.15, 0.2) is 42.6 Å². The number of hydrogen-bond donors (Lipinski definition) is 1. The molecule has 1 N–H and O–H groups in total. The lowest BCUT2D eigenvalue weighted by molar-refractivity contribution is -0.115. The number of amides is 1. The number of methoxy groups -OCH3 is 1. The molecule has 0 bridgehead atoms. The van der Waals surface area contributed by atoms with Gasteiger partial charge in [0.2, 0.25) is 11.9 Å². The summed E-state index contributed by atoms with van der Waals surface area (Å²) in [5.41, 5.74) is 2.53. The van der Waals surface area contributed by atoms with Crippen LogP contribution in [0.3, 0.4) is 0 Å². The lowest BCUT2D eigenvalue weighted by atomic mass is 10.1.